The largest absolute Gasteiger partial charge is 0.451 e. The van der Waals surface area contributed by atoms with Crippen LogP contribution in [0.25, 0.3) is 0 Å². The number of aryl methyl sites for hydroxylation is 1. The van der Waals surface area contributed by atoms with E-state index in [1.54, 1.807) is 13.2 Å². The van der Waals surface area contributed by atoms with Crippen molar-refractivity contribution < 1.29 is 36.3 Å². The van der Waals surface area contributed by atoms with Gasteiger partial charge in [0.15, 0.2) is 10.9 Å². The lowest BCUT2D eigenvalue weighted by molar-refractivity contribution is -0.145. The molecule has 2 aromatic heterocycles. The normalized spacial score (nSPS) is 14.0. The van der Waals surface area contributed by atoms with Crippen LogP contribution in [0.2, 0.25) is 0 Å². The predicted molar refractivity (Wildman–Crippen MR) is 141 cm³/mol. The van der Waals surface area contributed by atoms with Crippen molar-refractivity contribution in [1.29, 1.82) is 0 Å². The number of urea groups is 1. The number of nitrogens with one attached hydrogen (secondary N) is 2. The van der Waals surface area contributed by atoms with E-state index in [2.05, 4.69) is 30.6 Å². The highest BCUT2D eigenvalue weighted by atomic mass is 32.2. The van der Waals surface area contributed by atoms with Crippen molar-refractivity contribution in [1.82, 2.24) is 30.2 Å². The van der Waals surface area contributed by atoms with Gasteiger partial charge in [-0.05, 0) is 44.2 Å². The second-order valence-electron chi connectivity index (χ2n) is 9.21. The third kappa shape index (κ3) is 6.98. The van der Waals surface area contributed by atoms with Gasteiger partial charge in [0.25, 0.3) is 5.91 Å². The predicted octanol–water partition coefficient (Wildman–Crippen LogP) is 4.62. The Morgan fingerprint density at radius 3 is 2.33 bits per heavy atom. The van der Waals surface area contributed by atoms with Crippen molar-refractivity contribution in [3.05, 3.63) is 70.6 Å². The lowest BCUT2D eigenvalue weighted by atomic mass is 9.89. The topological polar surface area (TPSA) is 130 Å². The molecule has 0 radical (unpaired) electrons. The first kappa shape index (κ1) is 30.7. The molecule has 1 fully saturated rings. The number of amides is 3. The number of hydrogen-bond acceptors (Lipinski definition) is 8. The minimum absolute atomic E-state index is 0.156. The first-order valence-electron chi connectivity index (χ1n) is 12.5. The molecule has 1 aliphatic rings. The summed E-state index contributed by atoms with van der Waals surface area (Å²) < 4.78 is 66.7. The van der Waals surface area contributed by atoms with Crippen molar-refractivity contribution >= 4 is 35.2 Å². The van der Waals surface area contributed by atoms with E-state index in [-0.39, 0.29) is 24.6 Å². The van der Waals surface area contributed by atoms with Crippen LogP contribution in [0.15, 0.2) is 35.6 Å². The Morgan fingerprint density at radius 2 is 1.71 bits per heavy atom. The van der Waals surface area contributed by atoms with Crippen molar-refractivity contribution in [2.75, 3.05) is 31.2 Å². The highest BCUT2D eigenvalue weighted by Gasteiger charge is 2.35. The van der Waals surface area contributed by atoms with Gasteiger partial charge in [-0.1, -0.05) is 17.8 Å². The van der Waals surface area contributed by atoms with Crippen molar-refractivity contribution in [3.8, 4) is 0 Å². The first-order chi connectivity index (χ1) is 19.9. The molecular weight excluding hydrogens is 585 g/mol. The van der Waals surface area contributed by atoms with Gasteiger partial charge in [0, 0.05) is 25.2 Å². The Bertz CT molecular complexity index is 1490. The van der Waals surface area contributed by atoms with E-state index in [0.717, 1.165) is 24.4 Å². The fourth-order valence-corrected chi connectivity index (χ4v) is 4.84. The van der Waals surface area contributed by atoms with E-state index in [4.69, 9.17) is 0 Å². The summed E-state index contributed by atoms with van der Waals surface area (Å²) in [6, 6.07) is 3.55. The fourth-order valence-electron chi connectivity index (χ4n) is 4.42. The van der Waals surface area contributed by atoms with Crippen LogP contribution in [0, 0.1) is 18.6 Å². The summed E-state index contributed by atoms with van der Waals surface area (Å²) in [5.41, 5.74) is -0.194. The zero-order chi connectivity index (χ0) is 30.6. The van der Waals surface area contributed by atoms with Gasteiger partial charge in [0.1, 0.15) is 23.0 Å². The summed E-state index contributed by atoms with van der Waals surface area (Å²) >= 11 is 1.25. The van der Waals surface area contributed by atoms with Gasteiger partial charge in [-0.3, -0.25) is 9.59 Å². The molecule has 3 heterocycles. The number of alkyl halides is 3. The molecule has 222 valence electrons. The summed E-state index contributed by atoms with van der Waals surface area (Å²) in [5, 5.41) is 4.94. The maximum atomic E-state index is 14.0. The number of hydrogen-bond donors (Lipinski definition) is 2. The van der Waals surface area contributed by atoms with Gasteiger partial charge in [-0.2, -0.15) is 13.2 Å². The summed E-state index contributed by atoms with van der Waals surface area (Å²) in [5.74, 6) is -5.16. The molecule has 1 aromatic carbocycles. The zero-order valence-electron chi connectivity index (χ0n) is 22.3. The number of nitrogens with zero attached hydrogens (tertiary/aromatic N) is 5. The lowest BCUT2D eigenvalue weighted by Gasteiger charge is -2.32. The maximum absolute atomic E-state index is 14.0. The number of halogens is 5. The van der Waals surface area contributed by atoms with Crippen molar-refractivity contribution in [2.45, 2.75) is 37.0 Å². The minimum atomic E-state index is -4.85. The number of ketones is 1. The number of para-hydroxylation sites is 1. The van der Waals surface area contributed by atoms with Crippen LogP contribution >= 0.6 is 11.8 Å². The number of carbonyl (C=O) groups is 3. The van der Waals surface area contributed by atoms with E-state index in [1.807, 2.05) is 0 Å². The molecule has 16 heteroatoms. The molecule has 3 amide bonds. The number of benzene rings is 1. The number of Topliss-reactive ketones (excluding diaryl/α,β-unsaturated/α-hetero) is 1. The number of rotatable bonds is 7. The Balaban J connectivity index is 1.47. The van der Waals surface area contributed by atoms with E-state index in [1.165, 1.54) is 22.7 Å². The van der Waals surface area contributed by atoms with E-state index >= 15 is 0 Å². The number of likely N-dealkylation sites (tertiary alicyclic amines) is 1. The van der Waals surface area contributed by atoms with Gasteiger partial charge in [-0.15, -0.1) is 0 Å². The smallest absolute Gasteiger partial charge is 0.343 e. The van der Waals surface area contributed by atoms with E-state index in [0.29, 0.717) is 29.4 Å². The van der Waals surface area contributed by atoms with Gasteiger partial charge >= 0.3 is 12.2 Å². The van der Waals surface area contributed by atoms with E-state index in [9.17, 15) is 36.3 Å². The minimum Gasteiger partial charge on any atom is -0.343 e. The first-order valence-corrected chi connectivity index (χ1v) is 13.8. The molecule has 1 aliphatic heterocycles. The molecule has 10 nitrogen and oxygen atoms in total. The molecular formula is C26H24F5N7O3S. The summed E-state index contributed by atoms with van der Waals surface area (Å²) in [6.07, 6.45) is -1.57. The average molecular weight is 610 g/mol. The molecule has 0 aliphatic carbocycles. The molecule has 2 N–H and O–H groups in total. The molecule has 42 heavy (non-hydrogen) atoms. The Hall–Kier alpha value is -4.21. The average Bonchev–Trinajstić information content (AvgIpc) is 2.96. The number of piperidine rings is 1. The third-order valence-electron chi connectivity index (χ3n) is 6.47. The second kappa shape index (κ2) is 12.8. The molecule has 0 saturated carbocycles. The standard InChI is InChI=1S/C26H24F5N7O3S/c1-13-19(18(39)12-33-22(40)17-6-9-32-23(35-17)26(29,30)31)20(36-24(34-13)42-2)14-7-10-38(11-8-14)25(41)37-21-15(27)4-3-5-16(21)28/h3-6,9,14H,7-8,10-12H2,1-2H3,(H,33,40)(H,37,41). The third-order valence-corrected chi connectivity index (χ3v) is 7.02. The van der Waals surface area contributed by atoms with Crippen LogP contribution in [0.4, 0.5) is 32.4 Å². The number of thioether (sulfide) groups is 1. The fraction of sp³-hybridized carbons (Fsp3) is 0.346. The highest BCUT2D eigenvalue weighted by molar-refractivity contribution is 7.98. The van der Waals surface area contributed by atoms with Crippen molar-refractivity contribution in [2.24, 2.45) is 0 Å². The van der Waals surface area contributed by atoms with Crippen LogP contribution in [0.1, 0.15) is 56.8 Å². The Labute approximate surface area is 240 Å². The van der Waals surface area contributed by atoms with Crippen LogP contribution in [0.5, 0.6) is 0 Å². The molecule has 0 bridgehead atoms. The lowest BCUT2D eigenvalue weighted by Crippen LogP contribution is -2.41. The molecule has 3 aromatic rings. The summed E-state index contributed by atoms with van der Waals surface area (Å²) in [7, 11) is 0. The Kier molecular flexibility index (Phi) is 9.33. The van der Waals surface area contributed by atoms with Gasteiger partial charge in [0.05, 0.1) is 23.5 Å². The SMILES string of the molecule is CSc1nc(C)c(C(=O)CNC(=O)c2ccnc(C(F)(F)F)n2)c(C2CCN(C(=O)Nc3c(F)cccc3F)CC2)n1. The zero-order valence-corrected chi connectivity index (χ0v) is 23.1. The van der Waals surface area contributed by atoms with Crippen LogP contribution in [-0.2, 0) is 6.18 Å². The number of aromatic nitrogens is 4. The van der Waals surface area contributed by atoms with Crippen LogP contribution in [0.3, 0.4) is 0 Å². The molecule has 1 saturated heterocycles. The second-order valence-corrected chi connectivity index (χ2v) is 9.99. The maximum Gasteiger partial charge on any atom is 0.451 e. The number of anilines is 1. The quantitative estimate of drug-likeness (QED) is 0.172. The van der Waals surface area contributed by atoms with E-state index < -0.39 is 59.3 Å². The monoisotopic (exact) mass is 609 g/mol. The molecule has 0 atom stereocenters. The highest BCUT2D eigenvalue weighted by Crippen LogP contribution is 2.32. The Morgan fingerprint density at radius 1 is 1.05 bits per heavy atom. The molecule has 0 spiro atoms. The molecule has 4 rings (SSSR count). The van der Waals surface area contributed by atoms with Gasteiger partial charge in [0.2, 0.25) is 5.82 Å². The summed E-state index contributed by atoms with van der Waals surface area (Å²) in [6.45, 7) is 1.44. The van der Waals surface area contributed by atoms with Crippen molar-refractivity contribution in [3.63, 3.8) is 0 Å². The van der Waals surface area contributed by atoms with Gasteiger partial charge < -0.3 is 15.5 Å². The van der Waals surface area contributed by atoms with Gasteiger partial charge in [-0.25, -0.2) is 33.5 Å². The van der Waals surface area contributed by atoms with Crippen LogP contribution < -0.4 is 10.6 Å². The summed E-state index contributed by atoms with van der Waals surface area (Å²) in [4.78, 5) is 55.0. The number of carbonyl (C=O) groups excluding carboxylic acids is 3. The van der Waals surface area contributed by atoms with Crippen LogP contribution in [-0.4, -0.2) is 68.4 Å². The molecule has 0 unspecified atom stereocenters.